The Kier molecular flexibility index (Phi) is 6.87. The number of halogens is 2. The van der Waals surface area contributed by atoms with Crippen LogP contribution in [0.15, 0.2) is 49.1 Å². The standard InChI is InChI=1S/C24H30F2O/c1-3-17-5-7-18(8-6-17)9-10-19-11-13-20(14-12-19)21-15-16-22(27-4-2)24(26)23(21)25/h3,5,7,9-10,15-20H,1,4,6,8,11-14H2,2H3/b10-9+. The molecule has 1 aromatic carbocycles. The van der Waals surface area contributed by atoms with Gasteiger partial charge in [0.25, 0.3) is 0 Å². The van der Waals surface area contributed by atoms with Crippen LogP contribution in [0.1, 0.15) is 56.9 Å². The molecule has 0 radical (unpaired) electrons. The van der Waals surface area contributed by atoms with Gasteiger partial charge in [0.1, 0.15) is 0 Å². The van der Waals surface area contributed by atoms with E-state index in [0.29, 0.717) is 29.9 Å². The third-order valence-electron chi connectivity index (χ3n) is 5.96. The van der Waals surface area contributed by atoms with Crippen LogP contribution >= 0.6 is 0 Å². The van der Waals surface area contributed by atoms with E-state index in [1.165, 1.54) is 12.8 Å². The molecule has 0 aliphatic heterocycles. The highest BCUT2D eigenvalue weighted by Crippen LogP contribution is 2.39. The van der Waals surface area contributed by atoms with Crippen molar-refractivity contribution in [1.82, 2.24) is 0 Å². The highest BCUT2D eigenvalue weighted by atomic mass is 19.2. The van der Waals surface area contributed by atoms with Gasteiger partial charge < -0.3 is 4.74 Å². The van der Waals surface area contributed by atoms with Gasteiger partial charge in [-0.05, 0) is 80.8 Å². The van der Waals surface area contributed by atoms with Crippen molar-refractivity contribution < 1.29 is 13.5 Å². The highest BCUT2D eigenvalue weighted by molar-refractivity contribution is 5.33. The molecule has 2 aliphatic rings. The first kappa shape index (κ1) is 19.9. The fraction of sp³-hybridized carbons (Fsp3) is 0.500. The molecule has 146 valence electrons. The number of rotatable bonds is 6. The van der Waals surface area contributed by atoms with Crippen molar-refractivity contribution in [2.24, 2.45) is 17.8 Å². The summed E-state index contributed by atoms with van der Waals surface area (Å²) in [6, 6.07) is 3.27. The van der Waals surface area contributed by atoms with Crippen molar-refractivity contribution in [2.75, 3.05) is 6.61 Å². The molecule has 0 saturated heterocycles. The number of ether oxygens (including phenoxy) is 1. The Morgan fingerprint density at radius 2 is 1.67 bits per heavy atom. The lowest BCUT2D eigenvalue weighted by molar-refractivity contribution is 0.310. The summed E-state index contributed by atoms with van der Waals surface area (Å²) in [5.74, 6) is 0.119. The van der Waals surface area contributed by atoms with Crippen LogP contribution < -0.4 is 4.74 Å². The van der Waals surface area contributed by atoms with E-state index < -0.39 is 11.6 Å². The summed E-state index contributed by atoms with van der Waals surface area (Å²) in [7, 11) is 0. The lowest BCUT2D eigenvalue weighted by Gasteiger charge is -2.28. The monoisotopic (exact) mass is 372 g/mol. The second-order valence-corrected chi connectivity index (χ2v) is 7.74. The molecule has 1 fully saturated rings. The average molecular weight is 372 g/mol. The van der Waals surface area contributed by atoms with E-state index in [1.54, 1.807) is 19.1 Å². The van der Waals surface area contributed by atoms with E-state index in [0.717, 1.165) is 25.7 Å². The van der Waals surface area contributed by atoms with Gasteiger partial charge in [0, 0.05) is 0 Å². The van der Waals surface area contributed by atoms with E-state index in [2.05, 4.69) is 30.9 Å². The Balaban J connectivity index is 1.55. The van der Waals surface area contributed by atoms with E-state index in [9.17, 15) is 8.78 Å². The van der Waals surface area contributed by atoms with Crippen LogP contribution in [0.3, 0.4) is 0 Å². The van der Waals surface area contributed by atoms with Crippen molar-refractivity contribution >= 4 is 0 Å². The molecule has 1 nitrogen and oxygen atoms in total. The molecule has 0 spiro atoms. The maximum atomic E-state index is 14.4. The van der Waals surface area contributed by atoms with E-state index in [-0.39, 0.29) is 11.7 Å². The number of hydrogen-bond donors (Lipinski definition) is 0. The summed E-state index contributed by atoms with van der Waals surface area (Å²) < 4.78 is 33.7. The van der Waals surface area contributed by atoms with Crippen LogP contribution in [-0.4, -0.2) is 6.61 Å². The van der Waals surface area contributed by atoms with E-state index in [1.807, 2.05) is 6.08 Å². The lowest BCUT2D eigenvalue weighted by Crippen LogP contribution is -2.14. The Hall–Kier alpha value is -1.90. The normalized spacial score (nSPS) is 28.4. The van der Waals surface area contributed by atoms with Crippen molar-refractivity contribution in [2.45, 2.75) is 51.4 Å². The quantitative estimate of drug-likeness (QED) is 0.490. The molecule has 27 heavy (non-hydrogen) atoms. The Morgan fingerprint density at radius 1 is 0.963 bits per heavy atom. The minimum absolute atomic E-state index is 0.00889. The Morgan fingerprint density at radius 3 is 2.30 bits per heavy atom. The molecular formula is C24H30F2O. The van der Waals surface area contributed by atoms with Gasteiger partial charge in [-0.2, -0.15) is 4.39 Å². The largest absolute Gasteiger partial charge is 0.491 e. The smallest absolute Gasteiger partial charge is 0.200 e. The zero-order chi connectivity index (χ0) is 19.2. The molecule has 2 atom stereocenters. The first-order chi connectivity index (χ1) is 13.1. The molecule has 1 aromatic rings. The summed E-state index contributed by atoms with van der Waals surface area (Å²) in [4.78, 5) is 0. The maximum absolute atomic E-state index is 14.4. The van der Waals surface area contributed by atoms with Gasteiger partial charge in [-0.15, -0.1) is 6.58 Å². The second kappa shape index (κ2) is 9.34. The van der Waals surface area contributed by atoms with Crippen LogP contribution in [0.4, 0.5) is 8.78 Å². The molecule has 0 N–H and O–H groups in total. The Labute approximate surface area is 161 Å². The van der Waals surface area contributed by atoms with Gasteiger partial charge in [0.15, 0.2) is 11.6 Å². The molecule has 0 heterocycles. The van der Waals surface area contributed by atoms with Crippen LogP contribution in [0.25, 0.3) is 0 Å². The molecule has 3 rings (SSSR count). The molecule has 2 aliphatic carbocycles. The third kappa shape index (κ3) is 4.88. The van der Waals surface area contributed by atoms with Gasteiger partial charge in [-0.25, -0.2) is 4.39 Å². The van der Waals surface area contributed by atoms with Crippen molar-refractivity contribution in [3.63, 3.8) is 0 Å². The molecule has 2 unspecified atom stereocenters. The number of allylic oxidation sites excluding steroid dienone is 5. The summed E-state index contributed by atoms with van der Waals surface area (Å²) in [6.45, 7) is 5.96. The van der Waals surface area contributed by atoms with Crippen LogP contribution in [0, 0.1) is 29.4 Å². The predicted octanol–water partition coefficient (Wildman–Crippen LogP) is 6.96. The summed E-state index contributed by atoms with van der Waals surface area (Å²) in [6.07, 6.45) is 17.4. The highest BCUT2D eigenvalue weighted by Gasteiger charge is 2.26. The van der Waals surface area contributed by atoms with Crippen LogP contribution in [0.5, 0.6) is 5.75 Å². The summed E-state index contributed by atoms with van der Waals surface area (Å²) >= 11 is 0. The van der Waals surface area contributed by atoms with Crippen molar-refractivity contribution in [3.05, 3.63) is 66.3 Å². The first-order valence-corrected chi connectivity index (χ1v) is 10.2. The third-order valence-corrected chi connectivity index (χ3v) is 5.96. The van der Waals surface area contributed by atoms with Crippen LogP contribution in [0.2, 0.25) is 0 Å². The fourth-order valence-electron chi connectivity index (χ4n) is 4.27. The van der Waals surface area contributed by atoms with Gasteiger partial charge in [0.05, 0.1) is 6.61 Å². The molecule has 3 heteroatoms. The second-order valence-electron chi connectivity index (χ2n) is 7.74. The van der Waals surface area contributed by atoms with Crippen molar-refractivity contribution in [3.8, 4) is 5.75 Å². The Bertz CT molecular complexity index is 699. The number of benzene rings is 1. The fourth-order valence-corrected chi connectivity index (χ4v) is 4.27. The average Bonchev–Trinajstić information content (AvgIpc) is 2.71. The zero-order valence-electron chi connectivity index (χ0n) is 16.2. The zero-order valence-corrected chi connectivity index (χ0v) is 16.2. The van der Waals surface area contributed by atoms with Crippen molar-refractivity contribution in [1.29, 1.82) is 0 Å². The lowest BCUT2D eigenvalue weighted by atomic mass is 9.78. The summed E-state index contributed by atoms with van der Waals surface area (Å²) in [5, 5.41) is 0. The summed E-state index contributed by atoms with van der Waals surface area (Å²) in [5.41, 5.74) is 0.504. The number of hydrogen-bond acceptors (Lipinski definition) is 1. The maximum Gasteiger partial charge on any atom is 0.200 e. The topological polar surface area (TPSA) is 9.23 Å². The molecular weight excluding hydrogens is 342 g/mol. The van der Waals surface area contributed by atoms with Crippen LogP contribution in [-0.2, 0) is 0 Å². The SMILES string of the molecule is C=CC1C=CC(/C=C/C2CCC(c3ccc(OCC)c(F)c3F)CC2)CC1. The minimum atomic E-state index is -0.849. The van der Waals surface area contributed by atoms with Gasteiger partial charge in [-0.1, -0.05) is 36.4 Å². The van der Waals surface area contributed by atoms with Gasteiger partial charge in [-0.3, -0.25) is 0 Å². The van der Waals surface area contributed by atoms with Gasteiger partial charge >= 0.3 is 0 Å². The van der Waals surface area contributed by atoms with E-state index >= 15 is 0 Å². The molecule has 1 saturated carbocycles. The first-order valence-electron chi connectivity index (χ1n) is 10.2. The van der Waals surface area contributed by atoms with Gasteiger partial charge in [0.2, 0.25) is 5.82 Å². The molecule has 0 bridgehead atoms. The van der Waals surface area contributed by atoms with E-state index in [4.69, 9.17) is 4.74 Å². The minimum Gasteiger partial charge on any atom is -0.491 e. The molecule has 0 amide bonds. The predicted molar refractivity (Wildman–Crippen MR) is 107 cm³/mol. The molecule has 0 aromatic heterocycles.